The SMILES string of the molecule is O=C(O)C(=O)c1ccc(OCCOc2ccc(C(F)(F)F)cc2)cc1. The number of carboxylic acids is 1. The number of hydrogen-bond donors (Lipinski definition) is 1. The first-order valence-corrected chi connectivity index (χ1v) is 7.08. The summed E-state index contributed by atoms with van der Waals surface area (Å²) < 4.78 is 47.9. The standard InChI is InChI=1S/C17H13F3O5/c18-17(19,20)12-3-7-14(8-4-12)25-10-9-24-13-5-1-11(2-6-13)15(21)16(22)23/h1-8H,9-10H2,(H,22,23). The topological polar surface area (TPSA) is 72.8 Å². The Morgan fingerprint density at radius 2 is 1.28 bits per heavy atom. The highest BCUT2D eigenvalue weighted by Gasteiger charge is 2.29. The molecule has 0 spiro atoms. The molecule has 0 bridgehead atoms. The monoisotopic (exact) mass is 354 g/mol. The van der Waals surface area contributed by atoms with Gasteiger partial charge in [-0.15, -0.1) is 0 Å². The van der Waals surface area contributed by atoms with E-state index in [1.807, 2.05) is 0 Å². The smallest absolute Gasteiger partial charge is 0.416 e. The molecule has 2 aromatic carbocycles. The lowest BCUT2D eigenvalue weighted by molar-refractivity contribution is -0.137. The van der Waals surface area contributed by atoms with Crippen LogP contribution in [0.5, 0.6) is 11.5 Å². The van der Waals surface area contributed by atoms with Gasteiger partial charge in [0, 0.05) is 5.56 Å². The van der Waals surface area contributed by atoms with Gasteiger partial charge in [-0.05, 0) is 48.5 Å². The number of hydrogen-bond acceptors (Lipinski definition) is 4. The van der Waals surface area contributed by atoms with Crippen molar-refractivity contribution in [2.24, 2.45) is 0 Å². The fourth-order valence-electron chi connectivity index (χ4n) is 1.89. The molecule has 5 nitrogen and oxygen atoms in total. The van der Waals surface area contributed by atoms with Crippen LogP contribution < -0.4 is 9.47 Å². The van der Waals surface area contributed by atoms with Gasteiger partial charge < -0.3 is 14.6 Å². The molecule has 0 heterocycles. The minimum atomic E-state index is -4.39. The van der Waals surface area contributed by atoms with Gasteiger partial charge in [0.15, 0.2) is 0 Å². The Morgan fingerprint density at radius 1 is 0.840 bits per heavy atom. The number of aliphatic carboxylic acids is 1. The van der Waals surface area contributed by atoms with Gasteiger partial charge in [0.1, 0.15) is 24.7 Å². The fourth-order valence-corrected chi connectivity index (χ4v) is 1.89. The van der Waals surface area contributed by atoms with Gasteiger partial charge in [-0.3, -0.25) is 4.79 Å². The van der Waals surface area contributed by atoms with Crippen LogP contribution in [0.2, 0.25) is 0 Å². The summed E-state index contributed by atoms with van der Waals surface area (Å²) in [7, 11) is 0. The van der Waals surface area contributed by atoms with Crippen LogP contribution >= 0.6 is 0 Å². The van der Waals surface area contributed by atoms with Gasteiger partial charge in [0.25, 0.3) is 5.78 Å². The molecule has 1 N–H and O–H groups in total. The highest BCUT2D eigenvalue weighted by Crippen LogP contribution is 2.30. The maximum absolute atomic E-state index is 12.4. The summed E-state index contributed by atoms with van der Waals surface area (Å²) in [6.45, 7) is 0.217. The molecule has 0 radical (unpaired) electrons. The number of halogens is 3. The number of ketones is 1. The van der Waals surface area contributed by atoms with Crippen LogP contribution in [0.1, 0.15) is 15.9 Å². The van der Waals surface area contributed by atoms with E-state index in [4.69, 9.17) is 14.6 Å². The third-order valence-electron chi connectivity index (χ3n) is 3.11. The number of ether oxygens (including phenoxy) is 2. The quantitative estimate of drug-likeness (QED) is 0.469. The third-order valence-corrected chi connectivity index (χ3v) is 3.11. The lowest BCUT2D eigenvalue weighted by Gasteiger charge is -2.10. The molecule has 8 heteroatoms. The molecule has 0 aliphatic carbocycles. The molecule has 2 aromatic rings. The molecule has 0 atom stereocenters. The third kappa shape index (κ3) is 5.23. The lowest BCUT2D eigenvalue weighted by Crippen LogP contribution is -2.12. The van der Waals surface area contributed by atoms with Crippen LogP contribution in [-0.4, -0.2) is 30.1 Å². The molecule has 0 aliphatic rings. The van der Waals surface area contributed by atoms with E-state index in [1.54, 1.807) is 0 Å². The highest BCUT2D eigenvalue weighted by atomic mass is 19.4. The molecular formula is C17H13F3O5. The average molecular weight is 354 g/mol. The molecule has 0 aliphatic heterocycles. The van der Waals surface area contributed by atoms with Crippen LogP contribution in [0.3, 0.4) is 0 Å². The average Bonchev–Trinajstić information content (AvgIpc) is 2.58. The fraction of sp³-hybridized carbons (Fsp3) is 0.176. The second-order valence-corrected chi connectivity index (χ2v) is 4.88. The zero-order valence-corrected chi connectivity index (χ0v) is 12.7. The Balaban J connectivity index is 1.79. The summed E-state index contributed by atoms with van der Waals surface area (Å²) in [6, 6.07) is 9.81. The minimum Gasteiger partial charge on any atom is -0.490 e. The first kappa shape index (κ1) is 18.3. The Morgan fingerprint density at radius 3 is 1.68 bits per heavy atom. The zero-order valence-electron chi connectivity index (χ0n) is 12.7. The van der Waals surface area contributed by atoms with Crippen molar-refractivity contribution in [3.8, 4) is 11.5 Å². The molecule has 0 fully saturated rings. The first-order chi connectivity index (χ1) is 11.8. The lowest BCUT2D eigenvalue weighted by atomic mass is 10.1. The highest BCUT2D eigenvalue weighted by molar-refractivity contribution is 6.39. The van der Waals surface area contributed by atoms with Crippen molar-refractivity contribution >= 4 is 11.8 Å². The summed E-state index contributed by atoms with van der Waals surface area (Å²) in [5.41, 5.74) is -0.729. The molecule has 0 saturated carbocycles. The summed E-state index contributed by atoms with van der Waals surface area (Å²) in [5.74, 6) is -1.88. The van der Waals surface area contributed by atoms with Crippen LogP contribution in [-0.2, 0) is 11.0 Å². The van der Waals surface area contributed by atoms with Crippen molar-refractivity contribution in [1.82, 2.24) is 0 Å². The van der Waals surface area contributed by atoms with E-state index in [0.717, 1.165) is 12.1 Å². The number of carbonyl (C=O) groups is 2. The van der Waals surface area contributed by atoms with Crippen LogP contribution in [0.4, 0.5) is 13.2 Å². The molecular weight excluding hydrogens is 341 g/mol. The van der Waals surface area contributed by atoms with E-state index in [9.17, 15) is 22.8 Å². The summed E-state index contributed by atoms with van der Waals surface area (Å²) >= 11 is 0. The predicted octanol–water partition coefficient (Wildman–Crippen LogP) is 3.43. The molecule has 0 amide bonds. The Bertz CT molecular complexity index is 736. The van der Waals surface area contributed by atoms with Crippen molar-refractivity contribution in [1.29, 1.82) is 0 Å². The Labute approximate surface area is 140 Å². The molecule has 25 heavy (non-hydrogen) atoms. The van der Waals surface area contributed by atoms with Gasteiger partial charge in [-0.25, -0.2) is 4.79 Å². The summed E-state index contributed by atoms with van der Waals surface area (Å²) in [5, 5.41) is 8.59. The number of alkyl halides is 3. The van der Waals surface area contributed by atoms with Gasteiger partial charge in [-0.1, -0.05) is 0 Å². The molecule has 0 unspecified atom stereocenters. The first-order valence-electron chi connectivity index (χ1n) is 7.08. The van der Waals surface area contributed by atoms with Gasteiger partial charge >= 0.3 is 12.1 Å². The van der Waals surface area contributed by atoms with E-state index >= 15 is 0 Å². The number of rotatable bonds is 7. The number of carbonyl (C=O) groups excluding carboxylic acids is 1. The number of carboxylic acid groups (broad SMARTS) is 1. The minimum absolute atomic E-state index is 0.0286. The van der Waals surface area contributed by atoms with E-state index in [-0.39, 0.29) is 24.5 Å². The molecule has 0 saturated heterocycles. The zero-order chi connectivity index (χ0) is 18.4. The van der Waals surface area contributed by atoms with E-state index in [1.165, 1.54) is 36.4 Å². The predicted molar refractivity (Wildman–Crippen MR) is 80.8 cm³/mol. The van der Waals surface area contributed by atoms with Crippen LogP contribution in [0.25, 0.3) is 0 Å². The van der Waals surface area contributed by atoms with Crippen molar-refractivity contribution < 1.29 is 37.3 Å². The molecule has 2 rings (SSSR count). The van der Waals surface area contributed by atoms with Crippen LogP contribution in [0, 0.1) is 0 Å². The maximum Gasteiger partial charge on any atom is 0.416 e. The van der Waals surface area contributed by atoms with Crippen molar-refractivity contribution in [2.75, 3.05) is 13.2 Å². The Kier molecular flexibility index (Phi) is 5.63. The van der Waals surface area contributed by atoms with E-state index in [2.05, 4.69) is 0 Å². The van der Waals surface area contributed by atoms with Gasteiger partial charge in [0.05, 0.1) is 5.56 Å². The number of Topliss-reactive ketones (excluding diaryl/α,β-unsaturated/α-hetero) is 1. The van der Waals surface area contributed by atoms with Crippen molar-refractivity contribution in [3.05, 3.63) is 59.7 Å². The van der Waals surface area contributed by atoms with Gasteiger partial charge in [-0.2, -0.15) is 13.2 Å². The molecule has 0 aromatic heterocycles. The van der Waals surface area contributed by atoms with E-state index < -0.39 is 23.5 Å². The van der Waals surface area contributed by atoms with Crippen LogP contribution in [0.15, 0.2) is 48.5 Å². The maximum atomic E-state index is 12.4. The normalized spacial score (nSPS) is 11.0. The second-order valence-electron chi connectivity index (χ2n) is 4.88. The largest absolute Gasteiger partial charge is 0.490 e. The van der Waals surface area contributed by atoms with Crippen molar-refractivity contribution in [3.63, 3.8) is 0 Å². The van der Waals surface area contributed by atoms with Crippen molar-refractivity contribution in [2.45, 2.75) is 6.18 Å². The summed E-state index contributed by atoms with van der Waals surface area (Å²) in [6.07, 6.45) is -4.39. The summed E-state index contributed by atoms with van der Waals surface area (Å²) in [4.78, 5) is 21.8. The molecule has 132 valence electrons. The Hall–Kier alpha value is -3.03. The van der Waals surface area contributed by atoms with E-state index in [0.29, 0.717) is 5.75 Å². The number of benzene rings is 2. The van der Waals surface area contributed by atoms with Gasteiger partial charge in [0.2, 0.25) is 0 Å². The second kappa shape index (κ2) is 7.69.